The van der Waals surface area contributed by atoms with E-state index >= 15 is 0 Å². The van der Waals surface area contributed by atoms with Gasteiger partial charge in [-0.25, -0.2) is 0 Å². The number of anilines is 1. The van der Waals surface area contributed by atoms with Crippen molar-refractivity contribution in [1.29, 1.82) is 0 Å². The maximum absolute atomic E-state index is 6.19. The average Bonchev–Trinajstić information content (AvgIpc) is 2.54. The summed E-state index contributed by atoms with van der Waals surface area (Å²) in [5.41, 5.74) is 1.84. The molecule has 0 unspecified atom stereocenters. The Hall–Kier alpha value is -0.730. The van der Waals surface area contributed by atoms with Crippen LogP contribution in [0, 0.1) is 6.92 Å². The highest BCUT2D eigenvalue weighted by molar-refractivity contribution is 6.36. The van der Waals surface area contributed by atoms with Gasteiger partial charge in [0.2, 0.25) is 0 Å². The minimum Gasteiger partial charge on any atom is -0.343 e. The van der Waals surface area contributed by atoms with Crippen LogP contribution in [0.25, 0.3) is 0 Å². The number of benzene rings is 1. The van der Waals surface area contributed by atoms with Crippen molar-refractivity contribution in [2.45, 2.75) is 32.6 Å². The molecule has 0 aromatic heterocycles. The molecule has 0 amide bonds. The van der Waals surface area contributed by atoms with Gasteiger partial charge in [-0.05, 0) is 37.5 Å². The van der Waals surface area contributed by atoms with E-state index in [9.17, 15) is 0 Å². The van der Waals surface area contributed by atoms with Crippen LogP contribution in [0.2, 0.25) is 10.0 Å². The Morgan fingerprint density at radius 1 is 1.12 bits per heavy atom. The van der Waals surface area contributed by atoms with Gasteiger partial charge in [0.05, 0.1) is 10.7 Å². The molecular formula is C13H16Cl2N2. The van der Waals surface area contributed by atoms with Crippen LogP contribution >= 0.6 is 23.2 Å². The van der Waals surface area contributed by atoms with Gasteiger partial charge in [-0.3, -0.25) is 4.99 Å². The van der Waals surface area contributed by atoms with Crippen LogP contribution in [-0.4, -0.2) is 12.4 Å². The fourth-order valence-corrected chi connectivity index (χ4v) is 2.30. The van der Waals surface area contributed by atoms with E-state index in [1.165, 1.54) is 19.3 Å². The van der Waals surface area contributed by atoms with Crippen LogP contribution < -0.4 is 5.32 Å². The molecule has 0 aliphatic carbocycles. The topological polar surface area (TPSA) is 24.4 Å². The van der Waals surface area contributed by atoms with Gasteiger partial charge in [0.25, 0.3) is 0 Å². The normalized spacial score (nSPS) is 16.3. The molecule has 1 aliphatic rings. The highest BCUT2D eigenvalue weighted by atomic mass is 35.5. The molecule has 1 heterocycles. The quantitative estimate of drug-likeness (QED) is 0.787. The molecule has 1 N–H and O–H groups in total. The Bertz CT molecular complexity index is 441. The van der Waals surface area contributed by atoms with Crippen LogP contribution in [0.1, 0.15) is 31.2 Å². The minimum absolute atomic E-state index is 0.693. The molecule has 17 heavy (non-hydrogen) atoms. The first-order valence-electron chi connectivity index (χ1n) is 5.93. The molecule has 92 valence electrons. The van der Waals surface area contributed by atoms with Crippen LogP contribution in [0.15, 0.2) is 17.1 Å². The Morgan fingerprint density at radius 2 is 1.94 bits per heavy atom. The minimum atomic E-state index is 0.693. The molecule has 0 atom stereocenters. The second kappa shape index (κ2) is 5.74. The molecule has 0 radical (unpaired) electrons. The molecule has 0 bridgehead atoms. The van der Waals surface area contributed by atoms with E-state index < -0.39 is 0 Å². The van der Waals surface area contributed by atoms with Crippen molar-refractivity contribution in [2.75, 3.05) is 11.9 Å². The first kappa shape index (κ1) is 12.7. The van der Waals surface area contributed by atoms with Crippen molar-refractivity contribution in [2.24, 2.45) is 4.99 Å². The second-order valence-electron chi connectivity index (χ2n) is 4.35. The van der Waals surface area contributed by atoms with Gasteiger partial charge in [-0.15, -0.1) is 0 Å². The summed E-state index contributed by atoms with van der Waals surface area (Å²) < 4.78 is 0. The highest BCUT2D eigenvalue weighted by Gasteiger charge is 2.08. The SMILES string of the molecule is Cc1cc(Cl)c(NC2=NCCCCC2)cc1Cl. The van der Waals surface area contributed by atoms with Crippen molar-refractivity contribution < 1.29 is 0 Å². The number of aliphatic imine (C=N–C) groups is 1. The summed E-state index contributed by atoms with van der Waals surface area (Å²) in [6.45, 7) is 2.85. The zero-order valence-corrected chi connectivity index (χ0v) is 11.4. The number of aryl methyl sites for hydroxylation is 1. The summed E-state index contributed by atoms with van der Waals surface area (Å²) in [6.07, 6.45) is 4.59. The zero-order valence-electron chi connectivity index (χ0n) is 9.89. The first-order chi connectivity index (χ1) is 8.16. The summed E-state index contributed by atoms with van der Waals surface area (Å²) in [5, 5.41) is 4.71. The molecule has 1 aromatic carbocycles. The summed E-state index contributed by atoms with van der Waals surface area (Å²) in [4.78, 5) is 4.52. The predicted molar refractivity (Wildman–Crippen MR) is 75.6 cm³/mol. The molecule has 1 aromatic rings. The van der Waals surface area contributed by atoms with Crippen molar-refractivity contribution in [3.8, 4) is 0 Å². The molecule has 0 saturated heterocycles. The van der Waals surface area contributed by atoms with Gasteiger partial charge in [0, 0.05) is 18.0 Å². The van der Waals surface area contributed by atoms with E-state index in [0.717, 1.165) is 35.1 Å². The number of hydrogen-bond donors (Lipinski definition) is 1. The van der Waals surface area contributed by atoms with Gasteiger partial charge in [-0.2, -0.15) is 0 Å². The van der Waals surface area contributed by atoms with Crippen molar-refractivity contribution in [3.63, 3.8) is 0 Å². The van der Waals surface area contributed by atoms with Gasteiger partial charge in [-0.1, -0.05) is 29.6 Å². The van der Waals surface area contributed by atoms with E-state index in [2.05, 4.69) is 10.3 Å². The first-order valence-corrected chi connectivity index (χ1v) is 6.68. The smallest absolute Gasteiger partial charge is 0.101 e. The molecule has 0 saturated carbocycles. The van der Waals surface area contributed by atoms with Crippen molar-refractivity contribution in [3.05, 3.63) is 27.7 Å². The number of nitrogens with one attached hydrogen (secondary N) is 1. The Morgan fingerprint density at radius 3 is 2.76 bits per heavy atom. The molecule has 2 rings (SSSR count). The lowest BCUT2D eigenvalue weighted by atomic mass is 10.2. The Balaban J connectivity index is 2.17. The summed E-state index contributed by atoms with van der Waals surface area (Å²) in [6, 6.07) is 3.75. The molecular weight excluding hydrogens is 255 g/mol. The third-order valence-electron chi connectivity index (χ3n) is 2.90. The van der Waals surface area contributed by atoms with E-state index in [0.29, 0.717) is 5.02 Å². The van der Waals surface area contributed by atoms with Crippen LogP contribution in [-0.2, 0) is 0 Å². The lowest BCUT2D eigenvalue weighted by molar-refractivity contribution is 0.731. The molecule has 2 nitrogen and oxygen atoms in total. The summed E-state index contributed by atoms with van der Waals surface area (Å²) >= 11 is 12.3. The molecule has 1 aliphatic heterocycles. The summed E-state index contributed by atoms with van der Waals surface area (Å²) in [7, 11) is 0. The van der Waals surface area contributed by atoms with Crippen molar-refractivity contribution in [1.82, 2.24) is 0 Å². The zero-order chi connectivity index (χ0) is 12.3. The second-order valence-corrected chi connectivity index (χ2v) is 5.16. The number of hydrogen-bond acceptors (Lipinski definition) is 2. The van der Waals surface area contributed by atoms with Crippen LogP contribution in [0.5, 0.6) is 0 Å². The molecule has 0 spiro atoms. The predicted octanol–water partition coefficient (Wildman–Crippen LogP) is 4.69. The summed E-state index contributed by atoms with van der Waals surface area (Å²) in [5.74, 6) is 1.02. The maximum Gasteiger partial charge on any atom is 0.101 e. The standard InChI is InChI=1S/C13H16Cl2N2/c1-9-7-11(15)12(8-10(9)14)17-13-5-3-2-4-6-16-13/h7-8H,2-6H2,1H3,(H,16,17). The Labute approximate surface area is 112 Å². The lowest BCUT2D eigenvalue weighted by Crippen LogP contribution is -2.12. The molecule has 4 heteroatoms. The van der Waals surface area contributed by atoms with Gasteiger partial charge in [0.1, 0.15) is 5.84 Å². The van der Waals surface area contributed by atoms with E-state index in [4.69, 9.17) is 23.2 Å². The number of amidine groups is 1. The van der Waals surface area contributed by atoms with Gasteiger partial charge >= 0.3 is 0 Å². The third-order valence-corrected chi connectivity index (χ3v) is 3.62. The van der Waals surface area contributed by atoms with Crippen LogP contribution in [0.4, 0.5) is 5.69 Å². The molecule has 0 fully saturated rings. The van der Waals surface area contributed by atoms with Crippen LogP contribution in [0.3, 0.4) is 0 Å². The average molecular weight is 271 g/mol. The lowest BCUT2D eigenvalue weighted by Gasteiger charge is -2.11. The van der Waals surface area contributed by atoms with E-state index in [1.54, 1.807) is 0 Å². The van der Waals surface area contributed by atoms with E-state index in [-0.39, 0.29) is 0 Å². The monoisotopic (exact) mass is 270 g/mol. The van der Waals surface area contributed by atoms with Gasteiger partial charge in [0.15, 0.2) is 0 Å². The maximum atomic E-state index is 6.19. The highest BCUT2D eigenvalue weighted by Crippen LogP contribution is 2.29. The number of rotatable bonds is 1. The fourth-order valence-electron chi connectivity index (χ4n) is 1.87. The number of nitrogens with zero attached hydrogens (tertiary/aromatic N) is 1. The Kier molecular flexibility index (Phi) is 4.30. The van der Waals surface area contributed by atoms with Crippen molar-refractivity contribution >= 4 is 34.7 Å². The van der Waals surface area contributed by atoms with E-state index in [1.807, 2.05) is 19.1 Å². The van der Waals surface area contributed by atoms with Gasteiger partial charge < -0.3 is 5.32 Å². The largest absolute Gasteiger partial charge is 0.343 e. The number of halogens is 2. The fraction of sp³-hybridized carbons (Fsp3) is 0.462. The third kappa shape index (κ3) is 3.36.